The quantitative estimate of drug-likeness (QED) is 0.853. The second kappa shape index (κ2) is 6.51. The number of likely N-dealkylation sites (tertiary alicyclic amines) is 1. The number of nitrogens with zero attached hydrogens (tertiary/aromatic N) is 1. The van der Waals surface area contributed by atoms with Crippen LogP contribution in [0.3, 0.4) is 0 Å². The standard InChI is InChI=1S/C17H27N3O2S/c1-20-13-9-16(17(20)10-2-3-11-17)19-12-8-14-4-6-15(7-5-14)23(18,21)22/h4-7,16,19H,2-3,8-13H2,1H3,(H2,18,21,22). The average molecular weight is 337 g/mol. The fourth-order valence-electron chi connectivity index (χ4n) is 4.33. The minimum absolute atomic E-state index is 0.177. The van der Waals surface area contributed by atoms with Crippen LogP contribution < -0.4 is 10.5 Å². The van der Waals surface area contributed by atoms with Crippen LogP contribution in [0.2, 0.25) is 0 Å². The first-order valence-corrected chi connectivity index (χ1v) is 10.0. The number of likely N-dealkylation sites (N-methyl/N-ethyl adjacent to an activating group) is 1. The maximum Gasteiger partial charge on any atom is 0.238 e. The molecule has 1 aliphatic heterocycles. The van der Waals surface area contributed by atoms with Gasteiger partial charge in [0.05, 0.1) is 4.90 Å². The Balaban J connectivity index is 1.55. The van der Waals surface area contributed by atoms with E-state index in [0.717, 1.165) is 18.5 Å². The first-order chi connectivity index (χ1) is 10.9. The fourth-order valence-corrected chi connectivity index (χ4v) is 4.84. The van der Waals surface area contributed by atoms with E-state index in [1.54, 1.807) is 12.1 Å². The highest BCUT2D eigenvalue weighted by atomic mass is 32.2. The van der Waals surface area contributed by atoms with Crippen molar-refractivity contribution < 1.29 is 8.42 Å². The van der Waals surface area contributed by atoms with Gasteiger partial charge in [-0.15, -0.1) is 0 Å². The van der Waals surface area contributed by atoms with Crippen LogP contribution >= 0.6 is 0 Å². The molecule has 1 atom stereocenters. The van der Waals surface area contributed by atoms with Gasteiger partial charge in [-0.25, -0.2) is 13.6 Å². The Hall–Kier alpha value is -0.950. The van der Waals surface area contributed by atoms with Gasteiger partial charge in [0.15, 0.2) is 0 Å². The van der Waals surface area contributed by atoms with Crippen LogP contribution in [-0.2, 0) is 16.4 Å². The van der Waals surface area contributed by atoms with Gasteiger partial charge in [0.25, 0.3) is 0 Å². The molecule has 3 N–H and O–H groups in total. The van der Waals surface area contributed by atoms with Crippen LogP contribution in [0.5, 0.6) is 0 Å². The van der Waals surface area contributed by atoms with Crippen molar-refractivity contribution in [2.24, 2.45) is 5.14 Å². The van der Waals surface area contributed by atoms with Crippen LogP contribution in [0.1, 0.15) is 37.7 Å². The molecule has 23 heavy (non-hydrogen) atoms. The Morgan fingerprint density at radius 1 is 1.26 bits per heavy atom. The minimum atomic E-state index is -3.60. The molecule has 1 saturated heterocycles. The lowest BCUT2D eigenvalue weighted by Crippen LogP contribution is -2.52. The normalized spacial score (nSPS) is 24.5. The second-order valence-corrected chi connectivity index (χ2v) is 8.53. The fraction of sp³-hybridized carbons (Fsp3) is 0.647. The van der Waals surface area contributed by atoms with E-state index in [4.69, 9.17) is 5.14 Å². The van der Waals surface area contributed by atoms with Gasteiger partial charge < -0.3 is 5.32 Å². The van der Waals surface area contributed by atoms with Crippen molar-refractivity contribution in [3.8, 4) is 0 Å². The SMILES string of the molecule is CN1CCC(NCCc2ccc(S(N)(=O)=O)cc2)C12CCCC2. The van der Waals surface area contributed by atoms with Crippen molar-refractivity contribution in [3.63, 3.8) is 0 Å². The molecular formula is C17H27N3O2S. The van der Waals surface area contributed by atoms with E-state index in [-0.39, 0.29) is 4.90 Å². The highest BCUT2D eigenvalue weighted by Gasteiger charge is 2.47. The molecule has 0 bridgehead atoms. The zero-order valence-corrected chi connectivity index (χ0v) is 14.6. The van der Waals surface area contributed by atoms with E-state index < -0.39 is 10.0 Å². The van der Waals surface area contributed by atoms with E-state index in [1.807, 2.05) is 12.1 Å². The van der Waals surface area contributed by atoms with E-state index in [9.17, 15) is 8.42 Å². The molecule has 2 fully saturated rings. The summed E-state index contributed by atoms with van der Waals surface area (Å²) in [5, 5.41) is 8.88. The summed E-state index contributed by atoms with van der Waals surface area (Å²) in [6.45, 7) is 2.11. The molecule has 0 aromatic heterocycles. The van der Waals surface area contributed by atoms with Crippen LogP contribution in [0.15, 0.2) is 29.2 Å². The molecule has 0 amide bonds. The van der Waals surface area contributed by atoms with Gasteiger partial charge in [0, 0.05) is 11.6 Å². The van der Waals surface area contributed by atoms with Crippen molar-refractivity contribution in [1.29, 1.82) is 0 Å². The van der Waals surface area contributed by atoms with Crippen molar-refractivity contribution in [3.05, 3.63) is 29.8 Å². The first-order valence-electron chi connectivity index (χ1n) is 8.48. The summed E-state index contributed by atoms with van der Waals surface area (Å²) in [6, 6.07) is 7.47. The summed E-state index contributed by atoms with van der Waals surface area (Å²) in [5.74, 6) is 0. The van der Waals surface area contributed by atoms with Crippen molar-refractivity contribution in [2.75, 3.05) is 20.1 Å². The van der Waals surface area contributed by atoms with E-state index in [0.29, 0.717) is 11.6 Å². The smallest absolute Gasteiger partial charge is 0.238 e. The first kappa shape index (κ1) is 16.9. The predicted octanol–water partition coefficient (Wildman–Crippen LogP) is 1.48. The highest BCUT2D eigenvalue weighted by Crippen LogP contribution is 2.42. The zero-order chi connectivity index (χ0) is 16.5. The molecule has 1 spiro atoms. The monoisotopic (exact) mass is 337 g/mol. The maximum absolute atomic E-state index is 11.3. The summed E-state index contributed by atoms with van der Waals surface area (Å²) in [5.41, 5.74) is 1.51. The van der Waals surface area contributed by atoms with Crippen LogP contribution in [-0.4, -0.2) is 45.0 Å². The van der Waals surface area contributed by atoms with Gasteiger partial charge in [0.2, 0.25) is 10.0 Å². The van der Waals surface area contributed by atoms with Gasteiger partial charge in [-0.05, 0) is 63.5 Å². The number of sulfonamides is 1. The topological polar surface area (TPSA) is 75.4 Å². The molecule has 6 heteroatoms. The number of nitrogens with one attached hydrogen (secondary N) is 1. The Kier molecular flexibility index (Phi) is 4.78. The summed E-state index contributed by atoms with van der Waals surface area (Å²) in [6.07, 6.45) is 7.44. The largest absolute Gasteiger partial charge is 0.312 e. The number of primary sulfonamides is 1. The Morgan fingerprint density at radius 2 is 1.91 bits per heavy atom. The third kappa shape index (κ3) is 3.45. The third-order valence-corrected chi connectivity index (χ3v) is 6.62. The molecule has 3 rings (SSSR count). The molecule has 1 aromatic carbocycles. The Morgan fingerprint density at radius 3 is 2.52 bits per heavy atom. The van der Waals surface area contributed by atoms with Crippen molar-refractivity contribution >= 4 is 10.0 Å². The second-order valence-electron chi connectivity index (χ2n) is 6.97. The van der Waals surface area contributed by atoms with E-state index >= 15 is 0 Å². The molecule has 128 valence electrons. The van der Waals surface area contributed by atoms with Crippen molar-refractivity contribution in [2.45, 2.75) is 55.0 Å². The predicted molar refractivity (Wildman–Crippen MR) is 91.8 cm³/mol. The van der Waals surface area contributed by atoms with Gasteiger partial charge in [0.1, 0.15) is 0 Å². The lowest BCUT2D eigenvalue weighted by Gasteiger charge is -2.37. The molecule has 5 nitrogen and oxygen atoms in total. The number of hydrogen-bond acceptors (Lipinski definition) is 4. The zero-order valence-electron chi connectivity index (χ0n) is 13.8. The maximum atomic E-state index is 11.3. The molecule has 1 aliphatic carbocycles. The van der Waals surface area contributed by atoms with Gasteiger partial charge >= 0.3 is 0 Å². The van der Waals surface area contributed by atoms with Crippen LogP contribution in [0, 0.1) is 0 Å². The number of benzene rings is 1. The van der Waals surface area contributed by atoms with Gasteiger partial charge in [-0.3, -0.25) is 4.90 Å². The molecule has 1 unspecified atom stereocenters. The molecule has 1 heterocycles. The Bertz CT molecular complexity index is 636. The molecular weight excluding hydrogens is 310 g/mol. The lowest BCUT2D eigenvalue weighted by atomic mass is 9.89. The number of hydrogen-bond donors (Lipinski definition) is 2. The average Bonchev–Trinajstić information content (AvgIpc) is 3.11. The molecule has 1 saturated carbocycles. The molecule has 1 aromatic rings. The molecule has 0 radical (unpaired) electrons. The van der Waals surface area contributed by atoms with Crippen LogP contribution in [0.4, 0.5) is 0 Å². The third-order valence-electron chi connectivity index (χ3n) is 5.69. The molecule has 2 aliphatic rings. The summed E-state index contributed by atoms with van der Waals surface area (Å²) < 4.78 is 22.5. The van der Waals surface area contributed by atoms with E-state index in [2.05, 4.69) is 17.3 Å². The summed E-state index contributed by atoms with van der Waals surface area (Å²) in [7, 11) is -1.33. The number of nitrogens with two attached hydrogens (primary N) is 1. The van der Waals surface area contributed by atoms with E-state index in [1.165, 1.54) is 38.6 Å². The number of rotatable bonds is 5. The summed E-state index contributed by atoms with van der Waals surface area (Å²) in [4.78, 5) is 2.73. The van der Waals surface area contributed by atoms with Gasteiger partial charge in [-0.2, -0.15) is 0 Å². The summed E-state index contributed by atoms with van der Waals surface area (Å²) >= 11 is 0. The van der Waals surface area contributed by atoms with Crippen molar-refractivity contribution in [1.82, 2.24) is 10.2 Å². The minimum Gasteiger partial charge on any atom is -0.312 e. The van der Waals surface area contributed by atoms with Gasteiger partial charge in [-0.1, -0.05) is 25.0 Å². The highest BCUT2D eigenvalue weighted by molar-refractivity contribution is 7.89. The Labute approximate surface area is 139 Å². The van der Waals surface area contributed by atoms with Crippen LogP contribution in [0.25, 0.3) is 0 Å². The lowest BCUT2D eigenvalue weighted by molar-refractivity contribution is 0.150.